The molecule has 0 saturated heterocycles. The summed E-state index contributed by atoms with van der Waals surface area (Å²) in [7, 11) is 0. The van der Waals surface area contributed by atoms with Crippen molar-refractivity contribution in [3.05, 3.63) is 76.6 Å². The zero-order valence-electron chi connectivity index (χ0n) is 12.5. The minimum absolute atomic E-state index is 0.0586. The molecule has 2 nitrogen and oxygen atoms in total. The van der Waals surface area contributed by atoms with Crippen molar-refractivity contribution in [2.24, 2.45) is 11.7 Å². The Morgan fingerprint density at radius 3 is 2.61 bits per heavy atom. The van der Waals surface area contributed by atoms with Crippen LogP contribution in [-0.4, -0.2) is 11.7 Å². The Kier molecular flexibility index (Phi) is 3.49. The highest BCUT2D eigenvalue weighted by Crippen LogP contribution is 2.52. The first-order chi connectivity index (χ1) is 11.1. The summed E-state index contributed by atoms with van der Waals surface area (Å²) in [6.45, 7) is 0. The number of halogens is 1. The first-order valence-corrected chi connectivity index (χ1v) is 8.62. The predicted octanol–water partition coefficient (Wildman–Crippen LogP) is 3.73. The van der Waals surface area contributed by atoms with Crippen LogP contribution in [0.1, 0.15) is 22.6 Å². The maximum absolute atomic E-state index is 13.3. The molecule has 1 aliphatic heterocycles. The van der Waals surface area contributed by atoms with Gasteiger partial charge in [0.05, 0.1) is 5.92 Å². The molecule has 0 saturated carbocycles. The van der Waals surface area contributed by atoms with Crippen LogP contribution in [0.25, 0.3) is 4.91 Å². The van der Waals surface area contributed by atoms with E-state index in [-0.39, 0.29) is 23.6 Å². The molecule has 2 aliphatic rings. The van der Waals surface area contributed by atoms with Crippen LogP contribution in [0.4, 0.5) is 4.39 Å². The van der Waals surface area contributed by atoms with Gasteiger partial charge in [0, 0.05) is 16.6 Å². The van der Waals surface area contributed by atoms with Crippen LogP contribution in [0.5, 0.6) is 0 Å². The Morgan fingerprint density at radius 2 is 1.87 bits per heavy atom. The van der Waals surface area contributed by atoms with Gasteiger partial charge in [-0.05, 0) is 40.8 Å². The fourth-order valence-corrected chi connectivity index (χ4v) is 5.08. The van der Waals surface area contributed by atoms with Gasteiger partial charge in [0.25, 0.3) is 0 Å². The van der Waals surface area contributed by atoms with Crippen molar-refractivity contribution in [3.8, 4) is 0 Å². The molecule has 2 aromatic carbocycles. The molecule has 0 bridgehead atoms. The number of nitrogens with two attached hydrogens (primary N) is 1. The molecule has 1 aliphatic carbocycles. The quantitative estimate of drug-likeness (QED) is 0.914. The standard InChI is InChI=1S/C19H16FNOS/c20-13-7-5-11(6-8-13)17-15-9-12-3-1-2-4-14(12)18(15)23-10-16(17)19(21)22/h1-8,16-17H,9-10H2,(H2,21,22). The molecule has 0 radical (unpaired) electrons. The number of thioether (sulfide) groups is 1. The highest BCUT2D eigenvalue weighted by atomic mass is 32.2. The van der Waals surface area contributed by atoms with E-state index in [0.29, 0.717) is 5.75 Å². The van der Waals surface area contributed by atoms with Gasteiger partial charge in [0.1, 0.15) is 5.82 Å². The summed E-state index contributed by atoms with van der Waals surface area (Å²) < 4.78 is 13.3. The summed E-state index contributed by atoms with van der Waals surface area (Å²) in [5.74, 6) is -0.187. The van der Waals surface area contributed by atoms with Gasteiger partial charge in [-0.1, -0.05) is 36.4 Å². The number of hydrogen-bond acceptors (Lipinski definition) is 2. The second-order valence-corrected chi connectivity index (χ2v) is 7.07. The van der Waals surface area contributed by atoms with Gasteiger partial charge in [-0.25, -0.2) is 4.39 Å². The lowest BCUT2D eigenvalue weighted by Gasteiger charge is -2.31. The zero-order valence-corrected chi connectivity index (χ0v) is 13.3. The molecule has 2 atom stereocenters. The van der Waals surface area contributed by atoms with Crippen LogP contribution in [0.15, 0.2) is 54.1 Å². The molecule has 4 heteroatoms. The van der Waals surface area contributed by atoms with Crippen molar-refractivity contribution < 1.29 is 9.18 Å². The van der Waals surface area contributed by atoms with Crippen LogP contribution >= 0.6 is 11.8 Å². The predicted molar refractivity (Wildman–Crippen MR) is 91.3 cm³/mol. The molecular formula is C19H16FNOS. The molecule has 4 rings (SSSR count). The SMILES string of the molecule is NC(=O)C1CSC2=C(Cc3ccccc32)C1c1ccc(F)cc1. The molecule has 1 heterocycles. The second kappa shape index (κ2) is 5.53. The fraction of sp³-hybridized carbons (Fsp3) is 0.211. The number of carbonyl (C=O) groups excluding carboxylic acids is 1. The zero-order chi connectivity index (χ0) is 16.0. The van der Waals surface area contributed by atoms with Crippen LogP contribution < -0.4 is 5.73 Å². The smallest absolute Gasteiger partial charge is 0.222 e. The van der Waals surface area contributed by atoms with Gasteiger partial charge >= 0.3 is 0 Å². The average Bonchev–Trinajstić information content (AvgIpc) is 2.93. The topological polar surface area (TPSA) is 43.1 Å². The average molecular weight is 325 g/mol. The Labute approximate surface area is 138 Å². The Hall–Kier alpha value is -2.07. The van der Waals surface area contributed by atoms with Crippen LogP contribution in [-0.2, 0) is 11.2 Å². The van der Waals surface area contributed by atoms with Crippen LogP contribution in [0, 0.1) is 11.7 Å². The van der Waals surface area contributed by atoms with Crippen molar-refractivity contribution in [2.45, 2.75) is 12.3 Å². The lowest BCUT2D eigenvalue weighted by molar-refractivity contribution is -0.121. The molecule has 23 heavy (non-hydrogen) atoms. The molecule has 2 N–H and O–H groups in total. The van der Waals surface area contributed by atoms with Gasteiger partial charge in [0.15, 0.2) is 0 Å². The number of allylic oxidation sites excluding steroid dienone is 1. The minimum atomic E-state index is -0.283. The summed E-state index contributed by atoms with van der Waals surface area (Å²) in [4.78, 5) is 13.2. The van der Waals surface area contributed by atoms with Crippen LogP contribution in [0.3, 0.4) is 0 Å². The third kappa shape index (κ3) is 2.38. The van der Waals surface area contributed by atoms with E-state index in [9.17, 15) is 9.18 Å². The maximum atomic E-state index is 13.3. The summed E-state index contributed by atoms with van der Waals surface area (Å²) >= 11 is 1.72. The minimum Gasteiger partial charge on any atom is -0.369 e. The highest BCUT2D eigenvalue weighted by molar-refractivity contribution is 8.08. The van der Waals surface area contributed by atoms with E-state index in [0.717, 1.165) is 12.0 Å². The lowest BCUT2D eigenvalue weighted by atomic mass is 9.79. The van der Waals surface area contributed by atoms with Gasteiger partial charge in [0.2, 0.25) is 5.91 Å². The first kappa shape index (κ1) is 14.5. The summed E-state index contributed by atoms with van der Waals surface area (Å²) in [5.41, 5.74) is 10.4. The number of fused-ring (bicyclic) bond motifs is 2. The maximum Gasteiger partial charge on any atom is 0.222 e. The molecule has 2 unspecified atom stereocenters. The lowest BCUT2D eigenvalue weighted by Crippen LogP contribution is -2.33. The Morgan fingerprint density at radius 1 is 1.13 bits per heavy atom. The normalized spacial score (nSPS) is 22.7. The van der Waals surface area contributed by atoms with E-state index in [1.54, 1.807) is 23.9 Å². The van der Waals surface area contributed by atoms with Crippen molar-refractivity contribution >= 4 is 22.6 Å². The number of carbonyl (C=O) groups is 1. The van der Waals surface area contributed by atoms with Gasteiger partial charge in [-0.2, -0.15) is 0 Å². The fourth-order valence-electron chi connectivity index (χ4n) is 3.64. The third-order valence-electron chi connectivity index (χ3n) is 4.71. The highest BCUT2D eigenvalue weighted by Gasteiger charge is 2.39. The molecule has 0 spiro atoms. The Bertz CT molecular complexity index is 812. The van der Waals surface area contributed by atoms with Crippen molar-refractivity contribution in [3.63, 3.8) is 0 Å². The van der Waals surface area contributed by atoms with Crippen molar-refractivity contribution in [2.75, 3.05) is 5.75 Å². The van der Waals surface area contributed by atoms with E-state index in [2.05, 4.69) is 12.1 Å². The summed E-state index contributed by atoms with van der Waals surface area (Å²) in [5, 5.41) is 0. The molecule has 0 aromatic heterocycles. The molecule has 116 valence electrons. The molecule has 1 amide bonds. The number of amides is 1. The van der Waals surface area contributed by atoms with Gasteiger partial charge < -0.3 is 5.73 Å². The third-order valence-corrected chi connectivity index (χ3v) is 6.01. The first-order valence-electron chi connectivity index (χ1n) is 7.64. The monoisotopic (exact) mass is 325 g/mol. The summed E-state index contributed by atoms with van der Waals surface area (Å²) in [6.07, 6.45) is 0.838. The molecule has 2 aromatic rings. The van der Waals surface area contributed by atoms with E-state index in [1.165, 1.54) is 33.7 Å². The molecular weight excluding hydrogens is 309 g/mol. The van der Waals surface area contributed by atoms with E-state index in [1.807, 2.05) is 12.1 Å². The van der Waals surface area contributed by atoms with Crippen LogP contribution in [0.2, 0.25) is 0 Å². The number of hydrogen-bond donors (Lipinski definition) is 1. The summed E-state index contributed by atoms with van der Waals surface area (Å²) in [6, 6.07) is 14.8. The van der Waals surface area contributed by atoms with Crippen molar-refractivity contribution in [1.82, 2.24) is 0 Å². The Balaban J connectivity index is 1.84. The van der Waals surface area contributed by atoms with E-state index >= 15 is 0 Å². The number of rotatable bonds is 2. The molecule has 0 fully saturated rings. The second-order valence-electron chi connectivity index (χ2n) is 6.04. The van der Waals surface area contributed by atoms with E-state index in [4.69, 9.17) is 5.73 Å². The van der Waals surface area contributed by atoms with Gasteiger partial charge in [-0.3, -0.25) is 4.79 Å². The van der Waals surface area contributed by atoms with E-state index < -0.39 is 0 Å². The largest absolute Gasteiger partial charge is 0.369 e. The van der Waals surface area contributed by atoms with Crippen molar-refractivity contribution in [1.29, 1.82) is 0 Å². The van der Waals surface area contributed by atoms with Gasteiger partial charge in [-0.15, -0.1) is 11.8 Å². The number of primary amides is 1. The number of benzene rings is 2.